The molecule has 1 fully saturated rings. The number of hydrogen-bond acceptors (Lipinski definition) is 2. The normalized spacial score (nSPS) is 35.1. The summed E-state index contributed by atoms with van der Waals surface area (Å²) in [5, 5.41) is 10.1. The molecule has 0 radical (unpaired) electrons. The molecule has 3 atom stereocenters. The van der Waals surface area contributed by atoms with E-state index in [2.05, 4.69) is 41.5 Å². The van der Waals surface area contributed by atoms with Crippen molar-refractivity contribution in [3.63, 3.8) is 0 Å². The van der Waals surface area contributed by atoms with E-state index >= 15 is 0 Å². The van der Waals surface area contributed by atoms with Crippen LogP contribution in [0.2, 0.25) is 0 Å². The van der Waals surface area contributed by atoms with E-state index in [0.717, 1.165) is 19.4 Å². The van der Waals surface area contributed by atoms with Crippen LogP contribution < -0.4 is 0 Å². The highest BCUT2D eigenvalue weighted by atomic mass is 16.5. The van der Waals surface area contributed by atoms with Crippen molar-refractivity contribution in [1.29, 1.82) is 0 Å². The minimum atomic E-state index is -0.168. The van der Waals surface area contributed by atoms with Crippen LogP contribution in [0.5, 0.6) is 0 Å². The first-order valence-electron chi connectivity index (χ1n) is 6.44. The van der Waals surface area contributed by atoms with E-state index in [4.69, 9.17) is 4.74 Å². The maximum absolute atomic E-state index is 10.1. The lowest BCUT2D eigenvalue weighted by Gasteiger charge is -2.44. The van der Waals surface area contributed by atoms with Crippen molar-refractivity contribution >= 4 is 0 Å². The predicted molar refractivity (Wildman–Crippen MR) is 67.4 cm³/mol. The molecule has 0 aromatic rings. The lowest BCUT2D eigenvalue weighted by molar-refractivity contribution is -0.0846. The van der Waals surface area contributed by atoms with Crippen molar-refractivity contribution < 1.29 is 9.84 Å². The molecule has 2 nitrogen and oxygen atoms in total. The highest BCUT2D eigenvalue weighted by Gasteiger charge is 2.40. The van der Waals surface area contributed by atoms with Gasteiger partial charge in [0, 0.05) is 0 Å². The van der Waals surface area contributed by atoms with Crippen LogP contribution in [-0.2, 0) is 4.74 Å². The molecule has 0 heterocycles. The van der Waals surface area contributed by atoms with Crippen LogP contribution in [0.15, 0.2) is 0 Å². The molecule has 0 saturated heterocycles. The van der Waals surface area contributed by atoms with Crippen molar-refractivity contribution in [3.8, 4) is 0 Å². The molecule has 96 valence electrons. The number of hydrogen-bond donors (Lipinski definition) is 1. The lowest BCUT2D eigenvalue weighted by atomic mass is 9.66. The molecule has 1 saturated carbocycles. The Kier molecular flexibility index (Phi) is 4.07. The molecule has 0 amide bonds. The highest BCUT2D eigenvalue weighted by molar-refractivity contribution is 4.90. The quantitative estimate of drug-likeness (QED) is 0.786. The Morgan fingerprint density at radius 2 is 1.88 bits per heavy atom. The first-order valence-corrected chi connectivity index (χ1v) is 6.44. The van der Waals surface area contributed by atoms with Crippen LogP contribution >= 0.6 is 0 Å². The molecular formula is C14H28O2. The van der Waals surface area contributed by atoms with Crippen LogP contribution in [-0.4, -0.2) is 23.4 Å². The molecule has 0 aromatic heterocycles. The van der Waals surface area contributed by atoms with E-state index in [1.54, 1.807) is 0 Å². The third-order valence-electron chi connectivity index (χ3n) is 3.61. The first kappa shape index (κ1) is 14.0. The standard InChI is InChI=1S/C14H28O2/c1-10-7-11(9-16-13(2,3)4)8-14(5,6)12(10)15/h10-12,15H,7-9H2,1-6H3. The zero-order chi connectivity index (χ0) is 12.6. The Bertz CT molecular complexity index is 227. The Morgan fingerprint density at radius 1 is 1.31 bits per heavy atom. The summed E-state index contributed by atoms with van der Waals surface area (Å²) in [7, 11) is 0. The van der Waals surface area contributed by atoms with Crippen LogP contribution in [0.1, 0.15) is 54.4 Å². The molecule has 0 spiro atoms. The maximum atomic E-state index is 10.1. The van der Waals surface area contributed by atoms with E-state index in [9.17, 15) is 5.11 Å². The van der Waals surface area contributed by atoms with Crippen LogP contribution in [0.25, 0.3) is 0 Å². The van der Waals surface area contributed by atoms with Crippen molar-refractivity contribution in [2.24, 2.45) is 17.3 Å². The Hall–Kier alpha value is -0.0800. The van der Waals surface area contributed by atoms with Crippen LogP contribution in [0, 0.1) is 17.3 Å². The largest absolute Gasteiger partial charge is 0.392 e. The Morgan fingerprint density at radius 3 is 2.31 bits per heavy atom. The third kappa shape index (κ3) is 3.74. The van der Waals surface area contributed by atoms with Gasteiger partial charge in [0.15, 0.2) is 0 Å². The van der Waals surface area contributed by atoms with Gasteiger partial charge in [-0.15, -0.1) is 0 Å². The van der Waals surface area contributed by atoms with Gasteiger partial charge in [-0.2, -0.15) is 0 Å². The SMILES string of the molecule is CC1CC(COC(C)(C)C)CC(C)(C)C1O. The van der Waals surface area contributed by atoms with E-state index in [1.807, 2.05) is 0 Å². The Labute approximate surface area is 100 Å². The van der Waals surface area contributed by atoms with Gasteiger partial charge < -0.3 is 9.84 Å². The monoisotopic (exact) mass is 228 g/mol. The molecule has 2 heteroatoms. The van der Waals surface area contributed by atoms with Crippen LogP contribution in [0.4, 0.5) is 0 Å². The van der Waals surface area contributed by atoms with Crippen molar-refractivity contribution in [3.05, 3.63) is 0 Å². The third-order valence-corrected chi connectivity index (χ3v) is 3.61. The average Bonchev–Trinajstić information content (AvgIpc) is 2.09. The summed E-state index contributed by atoms with van der Waals surface area (Å²) < 4.78 is 5.86. The molecule has 3 unspecified atom stereocenters. The maximum Gasteiger partial charge on any atom is 0.0616 e. The van der Waals surface area contributed by atoms with Gasteiger partial charge in [0.1, 0.15) is 0 Å². The molecular weight excluding hydrogens is 200 g/mol. The summed E-state index contributed by atoms with van der Waals surface area (Å²) in [6.07, 6.45) is 1.98. The zero-order valence-electron chi connectivity index (χ0n) is 11.7. The van der Waals surface area contributed by atoms with Crippen molar-refractivity contribution in [2.75, 3.05) is 6.61 Å². The fourth-order valence-electron chi connectivity index (χ4n) is 2.87. The topological polar surface area (TPSA) is 29.5 Å². The summed E-state index contributed by atoms with van der Waals surface area (Å²) in [4.78, 5) is 0. The molecule has 1 aliphatic carbocycles. The second-order valence-corrected chi connectivity index (χ2v) is 7.14. The van der Waals surface area contributed by atoms with E-state index in [-0.39, 0.29) is 17.1 Å². The van der Waals surface area contributed by atoms with Crippen molar-refractivity contribution in [2.45, 2.75) is 66.1 Å². The summed E-state index contributed by atoms with van der Waals surface area (Å²) in [6.45, 7) is 13.6. The predicted octanol–water partition coefficient (Wildman–Crippen LogP) is 3.23. The van der Waals surface area contributed by atoms with Gasteiger partial charge in [0.2, 0.25) is 0 Å². The summed E-state index contributed by atoms with van der Waals surface area (Å²) in [5.74, 6) is 0.977. The van der Waals surface area contributed by atoms with E-state index < -0.39 is 0 Å². The molecule has 1 N–H and O–H groups in total. The number of rotatable bonds is 2. The van der Waals surface area contributed by atoms with Crippen LogP contribution in [0.3, 0.4) is 0 Å². The molecule has 1 aliphatic rings. The van der Waals surface area contributed by atoms with Crippen molar-refractivity contribution in [1.82, 2.24) is 0 Å². The Balaban J connectivity index is 2.52. The lowest BCUT2D eigenvalue weighted by Crippen LogP contribution is -2.43. The molecule has 0 bridgehead atoms. The molecule has 16 heavy (non-hydrogen) atoms. The highest BCUT2D eigenvalue weighted by Crippen LogP contribution is 2.42. The fraction of sp³-hybridized carbons (Fsp3) is 1.00. The van der Waals surface area contributed by atoms with Gasteiger partial charge >= 0.3 is 0 Å². The molecule has 0 aliphatic heterocycles. The average molecular weight is 228 g/mol. The summed E-state index contributed by atoms with van der Waals surface area (Å²) >= 11 is 0. The molecule has 0 aromatic carbocycles. The number of aliphatic hydroxyl groups is 1. The second-order valence-electron chi connectivity index (χ2n) is 7.14. The number of aliphatic hydroxyl groups excluding tert-OH is 1. The first-order chi connectivity index (χ1) is 7.12. The summed E-state index contributed by atoms with van der Waals surface area (Å²) in [6, 6.07) is 0. The minimum Gasteiger partial charge on any atom is -0.392 e. The summed E-state index contributed by atoms with van der Waals surface area (Å²) in [5.41, 5.74) is -0.0208. The van der Waals surface area contributed by atoms with Gasteiger partial charge in [-0.3, -0.25) is 0 Å². The minimum absolute atomic E-state index is 0.0313. The number of ether oxygens (including phenoxy) is 1. The van der Waals surface area contributed by atoms with E-state index in [1.165, 1.54) is 0 Å². The van der Waals surface area contributed by atoms with Gasteiger partial charge in [-0.25, -0.2) is 0 Å². The van der Waals surface area contributed by atoms with E-state index in [0.29, 0.717) is 11.8 Å². The van der Waals surface area contributed by atoms with Gasteiger partial charge in [0.25, 0.3) is 0 Å². The van der Waals surface area contributed by atoms with Gasteiger partial charge in [-0.1, -0.05) is 20.8 Å². The molecule has 1 rings (SSSR count). The van der Waals surface area contributed by atoms with Gasteiger partial charge in [0.05, 0.1) is 18.3 Å². The fourth-order valence-corrected chi connectivity index (χ4v) is 2.87. The smallest absolute Gasteiger partial charge is 0.0616 e. The second kappa shape index (κ2) is 4.66. The van der Waals surface area contributed by atoms with Gasteiger partial charge in [-0.05, 0) is 50.9 Å². The zero-order valence-corrected chi connectivity index (χ0v) is 11.7.